The SMILES string of the molecule is O=C(Nc1nc2ccc(OC(F)F)cc2s1)c1cc(-c2ccc(OC(F)F)cc2)n[nH]1. The molecule has 0 saturated carbocycles. The first-order valence-corrected chi connectivity index (χ1v) is 9.46. The predicted molar refractivity (Wildman–Crippen MR) is 105 cm³/mol. The number of alkyl halides is 4. The number of amides is 1. The lowest BCUT2D eigenvalue weighted by Gasteiger charge is -2.04. The Balaban J connectivity index is 1.46. The van der Waals surface area contributed by atoms with Gasteiger partial charge in [-0.05, 0) is 48.5 Å². The topological polar surface area (TPSA) is 89.1 Å². The van der Waals surface area contributed by atoms with Gasteiger partial charge in [-0.2, -0.15) is 22.7 Å². The first-order chi connectivity index (χ1) is 14.9. The maximum atomic E-state index is 12.5. The Labute approximate surface area is 175 Å². The lowest BCUT2D eigenvalue weighted by atomic mass is 10.1. The molecule has 160 valence electrons. The molecule has 1 amide bonds. The molecule has 0 fully saturated rings. The van der Waals surface area contributed by atoms with Gasteiger partial charge in [-0.1, -0.05) is 11.3 Å². The zero-order chi connectivity index (χ0) is 22.0. The Kier molecular flexibility index (Phi) is 5.71. The second kappa shape index (κ2) is 8.60. The van der Waals surface area contributed by atoms with Gasteiger partial charge in [0.05, 0.1) is 15.9 Å². The number of nitrogens with zero attached hydrogens (tertiary/aromatic N) is 2. The molecule has 0 bridgehead atoms. The quantitative estimate of drug-likeness (QED) is 0.379. The smallest absolute Gasteiger partial charge is 0.387 e. The fraction of sp³-hybridized carbons (Fsp3) is 0.105. The molecule has 4 aromatic rings. The second-order valence-corrected chi connectivity index (χ2v) is 7.08. The van der Waals surface area contributed by atoms with Gasteiger partial charge in [0.25, 0.3) is 5.91 Å². The first kappa shape index (κ1) is 20.6. The summed E-state index contributed by atoms with van der Waals surface area (Å²) >= 11 is 1.09. The summed E-state index contributed by atoms with van der Waals surface area (Å²) < 4.78 is 58.3. The summed E-state index contributed by atoms with van der Waals surface area (Å²) in [5.41, 5.74) is 1.66. The number of hydrogen-bond donors (Lipinski definition) is 2. The molecule has 2 heterocycles. The fourth-order valence-corrected chi connectivity index (χ4v) is 3.58. The van der Waals surface area contributed by atoms with Gasteiger partial charge in [0.2, 0.25) is 0 Å². The molecule has 7 nitrogen and oxygen atoms in total. The number of anilines is 1. The van der Waals surface area contributed by atoms with Crippen LogP contribution in [0.1, 0.15) is 10.5 Å². The molecule has 31 heavy (non-hydrogen) atoms. The van der Waals surface area contributed by atoms with E-state index in [1.54, 1.807) is 0 Å². The fourth-order valence-electron chi connectivity index (χ4n) is 2.69. The van der Waals surface area contributed by atoms with E-state index in [0.29, 0.717) is 21.5 Å². The highest BCUT2D eigenvalue weighted by molar-refractivity contribution is 7.22. The number of thiazole rings is 1. The Bertz CT molecular complexity index is 1210. The predicted octanol–water partition coefficient (Wildman–Crippen LogP) is 5.14. The van der Waals surface area contributed by atoms with Crippen LogP contribution in [0, 0.1) is 0 Å². The van der Waals surface area contributed by atoms with Crippen molar-refractivity contribution in [2.24, 2.45) is 0 Å². The first-order valence-electron chi connectivity index (χ1n) is 8.65. The van der Waals surface area contributed by atoms with Crippen LogP contribution >= 0.6 is 11.3 Å². The van der Waals surface area contributed by atoms with E-state index >= 15 is 0 Å². The summed E-state index contributed by atoms with van der Waals surface area (Å²) in [5.74, 6) is -0.517. The Hall–Kier alpha value is -3.67. The molecule has 0 spiro atoms. The monoisotopic (exact) mass is 452 g/mol. The number of nitrogens with one attached hydrogen (secondary N) is 2. The van der Waals surface area contributed by atoms with E-state index in [-0.39, 0.29) is 22.3 Å². The number of carbonyl (C=O) groups is 1. The van der Waals surface area contributed by atoms with Crippen molar-refractivity contribution >= 4 is 32.6 Å². The minimum Gasteiger partial charge on any atom is -0.435 e. The molecular formula is C19H12F4N4O3S. The van der Waals surface area contributed by atoms with E-state index in [0.717, 1.165) is 11.3 Å². The summed E-state index contributed by atoms with van der Waals surface area (Å²) in [5, 5.41) is 9.51. The molecule has 0 aliphatic heterocycles. The molecule has 2 aromatic carbocycles. The maximum absolute atomic E-state index is 12.5. The largest absolute Gasteiger partial charge is 0.435 e. The van der Waals surface area contributed by atoms with Crippen molar-refractivity contribution in [3.8, 4) is 22.8 Å². The van der Waals surface area contributed by atoms with E-state index in [4.69, 9.17) is 0 Å². The molecular weight excluding hydrogens is 440 g/mol. The third-order valence-electron chi connectivity index (χ3n) is 4.00. The number of halogens is 4. The van der Waals surface area contributed by atoms with Gasteiger partial charge in [0.1, 0.15) is 17.2 Å². The molecule has 2 aromatic heterocycles. The average Bonchev–Trinajstić information content (AvgIpc) is 3.34. The minimum absolute atomic E-state index is 0.00481. The third-order valence-corrected chi connectivity index (χ3v) is 4.94. The van der Waals surface area contributed by atoms with Gasteiger partial charge >= 0.3 is 13.2 Å². The molecule has 0 atom stereocenters. The number of H-pyrrole nitrogens is 1. The van der Waals surface area contributed by atoms with Crippen molar-refractivity contribution in [3.05, 3.63) is 54.2 Å². The highest BCUT2D eigenvalue weighted by Gasteiger charge is 2.15. The maximum Gasteiger partial charge on any atom is 0.387 e. The molecule has 0 unspecified atom stereocenters. The highest BCUT2D eigenvalue weighted by Crippen LogP contribution is 2.30. The molecule has 4 rings (SSSR count). The number of carbonyl (C=O) groups excluding carboxylic acids is 1. The van der Waals surface area contributed by atoms with Crippen LogP contribution in [0.2, 0.25) is 0 Å². The van der Waals surface area contributed by atoms with Gasteiger partial charge in [-0.3, -0.25) is 15.2 Å². The van der Waals surface area contributed by atoms with E-state index in [9.17, 15) is 22.4 Å². The molecule has 0 saturated heterocycles. The van der Waals surface area contributed by atoms with Crippen molar-refractivity contribution in [2.45, 2.75) is 13.2 Å². The molecule has 0 aliphatic rings. The summed E-state index contributed by atoms with van der Waals surface area (Å²) in [7, 11) is 0. The lowest BCUT2D eigenvalue weighted by Crippen LogP contribution is -2.11. The Morgan fingerprint density at radius 2 is 1.65 bits per heavy atom. The van der Waals surface area contributed by atoms with Crippen LogP contribution in [0.15, 0.2) is 48.5 Å². The van der Waals surface area contributed by atoms with Crippen molar-refractivity contribution in [1.82, 2.24) is 15.2 Å². The third kappa shape index (κ3) is 4.91. The van der Waals surface area contributed by atoms with Crippen LogP contribution in [0.5, 0.6) is 11.5 Å². The minimum atomic E-state index is -2.94. The molecule has 12 heteroatoms. The van der Waals surface area contributed by atoms with Gasteiger partial charge in [-0.25, -0.2) is 4.98 Å². The number of aromatic nitrogens is 3. The van der Waals surface area contributed by atoms with Crippen LogP contribution in [0.4, 0.5) is 22.7 Å². The summed E-state index contributed by atoms with van der Waals surface area (Å²) in [6.45, 7) is -5.86. The van der Waals surface area contributed by atoms with E-state index in [1.807, 2.05) is 0 Å². The summed E-state index contributed by atoms with van der Waals surface area (Å²) in [6, 6.07) is 11.6. The van der Waals surface area contributed by atoms with E-state index in [1.165, 1.54) is 48.5 Å². The number of rotatable bonds is 7. The summed E-state index contributed by atoms with van der Waals surface area (Å²) in [4.78, 5) is 16.7. The number of fused-ring (bicyclic) bond motifs is 1. The molecule has 0 radical (unpaired) electrons. The zero-order valence-corrected chi connectivity index (χ0v) is 16.1. The van der Waals surface area contributed by atoms with E-state index < -0.39 is 19.1 Å². The number of hydrogen-bond acceptors (Lipinski definition) is 6. The normalized spacial score (nSPS) is 11.3. The molecule has 0 aliphatic carbocycles. The number of aromatic amines is 1. The number of ether oxygens (including phenoxy) is 2. The number of benzene rings is 2. The van der Waals surface area contributed by atoms with Gasteiger partial charge < -0.3 is 9.47 Å². The Morgan fingerprint density at radius 3 is 2.35 bits per heavy atom. The van der Waals surface area contributed by atoms with Crippen molar-refractivity contribution in [2.75, 3.05) is 5.32 Å². The van der Waals surface area contributed by atoms with Crippen LogP contribution in [0.3, 0.4) is 0 Å². The summed E-state index contributed by atoms with van der Waals surface area (Å²) in [6.07, 6.45) is 0. The average molecular weight is 452 g/mol. The second-order valence-electron chi connectivity index (χ2n) is 6.05. The van der Waals surface area contributed by atoms with Gasteiger partial charge in [0, 0.05) is 5.56 Å². The van der Waals surface area contributed by atoms with Gasteiger partial charge in [0.15, 0.2) is 5.13 Å². The van der Waals surface area contributed by atoms with E-state index in [2.05, 4.69) is 30.0 Å². The Morgan fingerprint density at radius 1 is 0.968 bits per heavy atom. The highest BCUT2D eigenvalue weighted by atomic mass is 32.1. The molecule has 2 N–H and O–H groups in total. The zero-order valence-electron chi connectivity index (χ0n) is 15.3. The van der Waals surface area contributed by atoms with Crippen LogP contribution in [-0.2, 0) is 0 Å². The van der Waals surface area contributed by atoms with Crippen molar-refractivity contribution in [3.63, 3.8) is 0 Å². The van der Waals surface area contributed by atoms with Gasteiger partial charge in [-0.15, -0.1) is 0 Å². The lowest BCUT2D eigenvalue weighted by molar-refractivity contribution is -0.0504. The van der Waals surface area contributed by atoms with Crippen molar-refractivity contribution in [1.29, 1.82) is 0 Å². The van der Waals surface area contributed by atoms with Crippen LogP contribution < -0.4 is 14.8 Å². The standard InChI is InChI=1S/C19H12F4N4O3S/c20-17(21)29-10-3-1-9(2-4-10)13-8-14(27-26-13)16(28)25-19-24-12-6-5-11(30-18(22)23)7-15(12)31-19/h1-8,17-18H,(H,26,27)(H,24,25,28). The van der Waals surface area contributed by atoms with Crippen LogP contribution in [0.25, 0.3) is 21.5 Å². The van der Waals surface area contributed by atoms with Crippen LogP contribution in [-0.4, -0.2) is 34.3 Å². The van der Waals surface area contributed by atoms with Crippen molar-refractivity contribution < 1.29 is 31.8 Å².